The third-order valence-electron chi connectivity index (χ3n) is 6.08. The molecule has 6 rings (SSSR count). The summed E-state index contributed by atoms with van der Waals surface area (Å²) in [5.41, 5.74) is 0. The van der Waals surface area contributed by atoms with Gasteiger partial charge >= 0.3 is 0 Å². The Balaban J connectivity index is 0.000000155. The smallest absolute Gasteiger partial charge is 0.160 e. The van der Waals surface area contributed by atoms with E-state index in [9.17, 15) is 4.79 Å². The summed E-state index contributed by atoms with van der Waals surface area (Å²) in [4.78, 5) is 20.8. The number of hydrogen-bond acceptors (Lipinski definition) is 9. The van der Waals surface area contributed by atoms with E-state index in [1.807, 2.05) is 24.3 Å². The molecule has 0 bridgehead atoms. The summed E-state index contributed by atoms with van der Waals surface area (Å²) in [7, 11) is 6.56. The fourth-order valence-electron chi connectivity index (χ4n) is 4.53. The molecule has 0 atom stereocenters. The second kappa shape index (κ2) is 10.5. The zero-order valence-corrected chi connectivity index (χ0v) is 22.7. The van der Waals surface area contributed by atoms with Crippen molar-refractivity contribution in [2.45, 2.75) is 0 Å². The molecule has 0 amide bonds. The maximum absolute atomic E-state index is 11.0. The fraction of sp³-hybridized carbons (Fsp3) is 0.138. The van der Waals surface area contributed by atoms with Crippen molar-refractivity contribution in [3.05, 3.63) is 58.8 Å². The van der Waals surface area contributed by atoms with Crippen molar-refractivity contribution in [1.29, 1.82) is 0 Å². The van der Waals surface area contributed by atoms with Crippen LogP contribution in [0.2, 0.25) is 0 Å². The van der Waals surface area contributed by atoms with Crippen molar-refractivity contribution in [3.8, 4) is 35.3 Å². The SMILES string of the molecule is C#Cc1cc2c(OC)c3cnccc3c(OC)c2s1.COc1c2cnccc2c(OC)c2sc(C=O)cc12. The summed E-state index contributed by atoms with van der Waals surface area (Å²) < 4.78 is 24.0. The zero-order chi connectivity index (χ0) is 26.8. The number of methoxy groups -OCH3 is 4. The number of pyridine rings is 2. The number of benzene rings is 2. The van der Waals surface area contributed by atoms with Crippen LogP contribution in [0.3, 0.4) is 0 Å². The first-order chi connectivity index (χ1) is 18.6. The molecule has 0 fully saturated rings. The van der Waals surface area contributed by atoms with Crippen molar-refractivity contribution in [2.24, 2.45) is 0 Å². The second-order valence-corrected chi connectivity index (χ2v) is 10.1. The molecule has 0 N–H and O–H groups in total. The number of thiophene rings is 2. The van der Waals surface area contributed by atoms with Gasteiger partial charge in [0.2, 0.25) is 0 Å². The van der Waals surface area contributed by atoms with Crippen LogP contribution in [0.1, 0.15) is 14.5 Å². The second-order valence-electron chi connectivity index (χ2n) is 7.98. The first-order valence-corrected chi connectivity index (χ1v) is 13.0. The molecule has 2 aromatic carbocycles. The predicted octanol–water partition coefficient (Wildman–Crippen LogP) is 6.73. The highest BCUT2D eigenvalue weighted by Gasteiger charge is 2.19. The number of fused-ring (bicyclic) bond motifs is 4. The van der Waals surface area contributed by atoms with Crippen molar-refractivity contribution in [3.63, 3.8) is 0 Å². The average Bonchev–Trinajstić information content (AvgIpc) is 3.59. The van der Waals surface area contributed by atoms with E-state index >= 15 is 0 Å². The average molecular weight is 543 g/mol. The number of terminal acetylenes is 1. The summed E-state index contributed by atoms with van der Waals surface area (Å²) in [5.74, 6) is 5.75. The number of rotatable bonds is 5. The molecule has 0 radical (unpaired) electrons. The van der Waals surface area contributed by atoms with E-state index < -0.39 is 0 Å². The first-order valence-electron chi connectivity index (χ1n) is 11.3. The Hall–Kier alpha value is -4.39. The van der Waals surface area contributed by atoms with Crippen LogP contribution in [0, 0.1) is 12.3 Å². The molecule has 7 nitrogen and oxygen atoms in total. The first kappa shape index (κ1) is 25.3. The summed E-state index contributed by atoms with van der Waals surface area (Å²) in [6, 6.07) is 7.58. The highest BCUT2D eigenvalue weighted by Crippen LogP contribution is 2.47. The number of ether oxygens (including phenoxy) is 4. The van der Waals surface area contributed by atoms with Crippen LogP contribution in [0.25, 0.3) is 41.7 Å². The number of carbonyl (C=O) groups is 1. The largest absolute Gasteiger partial charge is 0.495 e. The van der Waals surface area contributed by atoms with Gasteiger partial charge in [-0.1, -0.05) is 5.92 Å². The molecule has 0 unspecified atom stereocenters. The van der Waals surface area contributed by atoms with E-state index in [0.29, 0.717) is 4.88 Å². The van der Waals surface area contributed by atoms with Gasteiger partial charge in [0.25, 0.3) is 0 Å². The molecule has 6 aromatic rings. The number of aldehydes is 1. The lowest BCUT2D eigenvalue weighted by molar-refractivity contribution is 0.112. The standard InChI is InChI=1S/C15H11NO2S.C14H11NO3S/c1-4-9-7-11-13(17-2)12-8-16-6-5-10(12)14(18-3)15(11)19-9;1-17-12-10-5-8(7-16)19-14(10)13(18-2)9-3-4-15-6-11(9)12/h1,5-8H,2-3H3;3-7H,1-2H3. The van der Waals surface area contributed by atoms with E-state index in [-0.39, 0.29) is 0 Å². The number of hydrogen-bond donors (Lipinski definition) is 0. The lowest BCUT2D eigenvalue weighted by atomic mass is 10.1. The minimum atomic E-state index is 0.648. The van der Waals surface area contributed by atoms with Gasteiger partial charge in [-0.05, 0) is 24.3 Å². The predicted molar refractivity (Wildman–Crippen MR) is 154 cm³/mol. The maximum Gasteiger partial charge on any atom is 0.160 e. The van der Waals surface area contributed by atoms with E-state index in [1.54, 1.807) is 53.2 Å². The molecule has 9 heteroatoms. The number of aromatic nitrogens is 2. The van der Waals surface area contributed by atoms with Gasteiger partial charge in [0.05, 0.1) is 47.6 Å². The van der Waals surface area contributed by atoms with Gasteiger partial charge in [0.1, 0.15) is 23.0 Å². The summed E-state index contributed by atoms with van der Waals surface area (Å²) >= 11 is 2.93. The summed E-state index contributed by atoms with van der Waals surface area (Å²) in [6.45, 7) is 0. The van der Waals surface area contributed by atoms with Gasteiger partial charge in [-0.25, -0.2) is 0 Å². The zero-order valence-electron chi connectivity index (χ0n) is 21.0. The summed E-state index contributed by atoms with van der Waals surface area (Å²) in [5, 5.41) is 5.57. The lowest BCUT2D eigenvalue weighted by Gasteiger charge is -2.11. The maximum atomic E-state index is 11.0. The molecule has 0 saturated carbocycles. The molecule has 0 saturated heterocycles. The molecular formula is C29H22N2O5S2. The monoisotopic (exact) mass is 542 g/mol. The van der Waals surface area contributed by atoms with Crippen molar-refractivity contribution >= 4 is 70.7 Å². The Morgan fingerprint density at radius 3 is 1.68 bits per heavy atom. The highest BCUT2D eigenvalue weighted by molar-refractivity contribution is 7.21. The van der Waals surface area contributed by atoms with E-state index in [1.165, 1.54) is 22.7 Å². The van der Waals surface area contributed by atoms with Crippen LogP contribution in [0.15, 0.2) is 49.1 Å². The Morgan fingerprint density at radius 1 is 0.711 bits per heavy atom. The van der Waals surface area contributed by atoms with Crippen LogP contribution in [0.4, 0.5) is 0 Å². The van der Waals surface area contributed by atoms with E-state index in [2.05, 4.69) is 15.9 Å². The van der Waals surface area contributed by atoms with Crippen LogP contribution in [-0.4, -0.2) is 44.7 Å². The number of nitrogens with zero attached hydrogens (tertiary/aromatic N) is 2. The normalized spacial score (nSPS) is 10.7. The van der Waals surface area contributed by atoms with Crippen LogP contribution in [0.5, 0.6) is 23.0 Å². The molecule has 4 heterocycles. The minimum Gasteiger partial charge on any atom is -0.495 e. The third-order valence-corrected chi connectivity index (χ3v) is 8.20. The van der Waals surface area contributed by atoms with Crippen molar-refractivity contribution < 1.29 is 23.7 Å². The Bertz CT molecular complexity index is 1750. The van der Waals surface area contributed by atoms with Gasteiger partial charge in [-0.15, -0.1) is 29.1 Å². The van der Waals surface area contributed by atoms with Crippen LogP contribution in [-0.2, 0) is 0 Å². The topological polar surface area (TPSA) is 79.8 Å². The lowest BCUT2D eigenvalue weighted by Crippen LogP contribution is -1.91. The Labute approximate surface area is 226 Å². The summed E-state index contributed by atoms with van der Waals surface area (Å²) in [6.07, 6.45) is 13.3. The third kappa shape index (κ3) is 4.04. The Morgan fingerprint density at radius 2 is 1.21 bits per heavy atom. The van der Waals surface area contributed by atoms with Gasteiger partial charge in [0.15, 0.2) is 6.29 Å². The van der Waals surface area contributed by atoms with Gasteiger partial charge in [-0.2, -0.15) is 0 Å². The Kier molecular flexibility index (Phi) is 7.01. The molecule has 0 spiro atoms. The minimum absolute atomic E-state index is 0.648. The molecule has 190 valence electrons. The van der Waals surface area contributed by atoms with Crippen molar-refractivity contribution in [2.75, 3.05) is 28.4 Å². The van der Waals surface area contributed by atoms with E-state index in [4.69, 9.17) is 25.4 Å². The van der Waals surface area contributed by atoms with Gasteiger partial charge in [0, 0.05) is 57.1 Å². The molecule has 38 heavy (non-hydrogen) atoms. The quantitative estimate of drug-likeness (QED) is 0.177. The van der Waals surface area contributed by atoms with Crippen molar-refractivity contribution in [1.82, 2.24) is 9.97 Å². The van der Waals surface area contributed by atoms with Crippen LogP contribution < -0.4 is 18.9 Å². The van der Waals surface area contributed by atoms with E-state index in [0.717, 1.165) is 75.9 Å². The number of carbonyl (C=O) groups excluding carboxylic acids is 1. The van der Waals surface area contributed by atoms with Gasteiger partial charge < -0.3 is 18.9 Å². The molecule has 0 aliphatic rings. The molecule has 4 aromatic heterocycles. The molecular weight excluding hydrogens is 520 g/mol. The van der Waals surface area contributed by atoms with Crippen LogP contribution >= 0.6 is 22.7 Å². The fourth-order valence-corrected chi connectivity index (χ4v) is 6.54. The molecule has 0 aliphatic heterocycles. The molecule has 0 aliphatic carbocycles. The van der Waals surface area contributed by atoms with Gasteiger partial charge in [-0.3, -0.25) is 14.8 Å². The highest BCUT2D eigenvalue weighted by atomic mass is 32.1.